The topological polar surface area (TPSA) is 111 Å². The zero-order valence-corrected chi connectivity index (χ0v) is 15.1. The summed E-state index contributed by atoms with van der Waals surface area (Å²) in [6, 6.07) is 7.85. The van der Waals surface area contributed by atoms with Crippen molar-refractivity contribution >= 4 is 5.97 Å². The van der Waals surface area contributed by atoms with Crippen molar-refractivity contribution in [1.82, 2.24) is 15.1 Å². The van der Waals surface area contributed by atoms with Gasteiger partial charge in [-0.25, -0.2) is 4.79 Å². The van der Waals surface area contributed by atoms with E-state index in [4.69, 9.17) is 15.2 Å². The number of hydrogen-bond donors (Lipinski definition) is 3. The molecule has 7 nitrogen and oxygen atoms in total. The average molecular weight is 436 g/mol. The predicted molar refractivity (Wildman–Crippen MR) is 88.8 cm³/mol. The van der Waals surface area contributed by atoms with Crippen LogP contribution in [0.1, 0.15) is 17.0 Å². The lowest BCUT2D eigenvalue weighted by Gasteiger charge is -2.38. The van der Waals surface area contributed by atoms with Crippen molar-refractivity contribution in [2.45, 2.75) is 18.0 Å². The van der Waals surface area contributed by atoms with Crippen LogP contribution in [0, 0.1) is 11.3 Å². The van der Waals surface area contributed by atoms with Gasteiger partial charge in [-0.3, -0.25) is 4.68 Å². The van der Waals surface area contributed by atoms with E-state index in [1.54, 1.807) is 18.2 Å². The van der Waals surface area contributed by atoms with Gasteiger partial charge in [-0.1, -0.05) is 24.3 Å². The number of hydrogen-bond acceptors (Lipinski definition) is 5. The molecule has 0 amide bonds. The second-order valence-corrected chi connectivity index (χ2v) is 6.32. The number of β-amino-alcohol motifs (C(OH)–C–C–N with tert-alkyl or cyclic N) is 1. The fourth-order valence-electron chi connectivity index (χ4n) is 2.64. The first kappa shape index (κ1) is 23.2. The third-order valence-corrected chi connectivity index (χ3v) is 4.21. The molecule has 13 heteroatoms. The number of halogens is 6. The summed E-state index contributed by atoms with van der Waals surface area (Å²) in [5.41, 5.74) is -1.62. The summed E-state index contributed by atoms with van der Waals surface area (Å²) in [5.74, 6) is -2.76. The lowest BCUT2D eigenvalue weighted by Crippen LogP contribution is -2.56. The molecular formula is C17H14F6N4O3. The Morgan fingerprint density at radius 3 is 2.03 bits per heavy atom. The van der Waals surface area contributed by atoms with Crippen LogP contribution in [0.2, 0.25) is 0 Å². The molecule has 1 saturated heterocycles. The van der Waals surface area contributed by atoms with Gasteiger partial charge in [0.05, 0.1) is 5.56 Å². The normalized spacial score (nSPS) is 15.4. The van der Waals surface area contributed by atoms with E-state index < -0.39 is 29.6 Å². The average Bonchev–Trinajstić information content (AvgIpc) is 2.96. The quantitative estimate of drug-likeness (QED) is 0.624. The third kappa shape index (κ3) is 4.71. The smallest absolute Gasteiger partial charge is 0.475 e. The summed E-state index contributed by atoms with van der Waals surface area (Å²) in [6.45, 7) is 0.799. The first-order valence-corrected chi connectivity index (χ1v) is 8.09. The number of aliphatic hydroxyl groups is 1. The number of aliphatic carboxylic acids is 1. The monoisotopic (exact) mass is 436 g/mol. The van der Waals surface area contributed by atoms with Gasteiger partial charge in [0.1, 0.15) is 17.4 Å². The number of aromatic nitrogens is 2. The van der Waals surface area contributed by atoms with Crippen molar-refractivity contribution in [1.29, 1.82) is 5.26 Å². The van der Waals surface area contributed by atoms with Crippen molar-refractivity contribution < 1.29 is 41.4 Å². The second-order valence-electron chi connectivity index (χ2n) is 6.32. The van der Waals surface area contributed by atoms with E-state index in [1.807, 2.05) is 0 Å². The molecule has 2 heterocycles. The zero-order chi connectivity index (χ0) is 22.9. The van der Waals surface area contributed by atoms with E-state index in [0.717, 1.165) is 4.68 Å². The molecule has 1 aromatic carbocycles. The molecule has 2 aromatic rings. The Bertz CT molecular complexity index is 970. The number of aryl methyl sites for hydroxylation is 1. The van der Waals surface area contributed by atoms with Crippen molar-refractivity contribution in [3.05, 3.63) is 41.2 Å². The Kier molecular flexibility index (Phi) is 6.15. The van der Waals surface area contributed by atoms with E-state index in [9.17, 15) is 31.4 Å². The molecule has 1 aliphatic rings. The van der Waals surface area contributed by atoms with Crippen LogP contribution < -0.4 is 5.32 Å². The molecule has 0 unspecified atom stereocenters. The highest BCUT2D eigenvalue weighted by atomic mass is 19.4. The molecule has 3 N–H and O–H groups in total. The first-order valence-electron chi connectivity index (χ1n) is 8.09. The summed E-state index contributed by atoms with van der Waals surface area (Å²) in [6.07, 6.45) is -9.74. The Hall–Kier alpha value is -3.11. The van der Waals surface area contributed by atoms with Crippen LogP contribution in [-0.4, -0.2) is 45.2 Å². The molecular weight excluding hydrogens is 422 g/mol. The van der Waals surface area contributed by atoms with Gasteiger partial charge in [-0.05, 0) is 11.1 Å². The zero-order valence-electron chi connectivity index (χ0n) is 15.1. The van der Waals surface area contributed by atoms with E-state index in [1.165, 1.54) is 19.2 Å². The molecule has 162 valence electrons. The van der Waals surface area contributed by atoms with Gasteiger partial charge in [-0.2, -0.15) is 36.7 Å². The number of nitrogens with zero attached hydrogens (tertiary/aromatic N) is 3. The maximum Gasteiger partial charge on any atom is 0.490 e. The molecule has 0 aliphatic carbocycles. The molecule has 30 heavy (non-hydrogen) atoms. The van der Waals surface area contributed by atoms with Crippen molar-refractivity contribution in [2.75, 3.05) is 13.1 Å². The highest BCUT2D eigenvalue weighted by molar-refractivity contribution is 5.73. The minimum absolute atomic E-state index is 0.158. The fourth-order valence-corrected chi connectivity index (χ4v) is 2.64. The molecule has 0 radical (unpaired) electrons. The Morgan fingerprint density at radius 1 is 1.20 bits per heavy atom. The van der Waals surface area contributed by atoms with E-state index in [-0.39, 0.29) is 16.8 Å². The molecule has 1 aromatic heterocycles. The molecule has 3 rings (SSSR count). The highest BCUT2D eigenvalue weighted by Gasteiger charge is 2.40. The molecule has 1 aliphatic heterocycles. The standard InChI is InChI=1S/C15H13F3N4O.C2HF3O2/c1-22-11(6-19)12(13(21-22)15(16,17)18)9-2-4-10(5-3-9)14(23)7-20-8-14;3-2(4,5)1(6)7/h2-5,20,23H,7-8H2,1H3;(H,6,7). The number of nitrogens with one attached hydrogen (secondary N) is 1. The van der Waals surface area contributed by atoms with E-state index >= 15 is 0 Å². The van der Waals surface area contributed by atoms with Crippen molar-refractivity contribution in [2.24, 2.45) is 7.05 Å². The van der Waals surface area contributed by atoms with Gasteiger partial charge >= 0.3 is 18.3 Å². The van der Waals surface area contributed by atoms with Crippen LogP contribution >= 0.6 is 0 Å². The largest absolute Gasteiger partial charge is 0.490 e. The summed E-state index contributed by atoms with van der Waals surface area (Å²) >= 11 is 0. The van der Waals surface area contributed by atoms with Crippen LogP contribution in [0.5, 0.6) is 0 Å². The number of rotatable bonds is 2. The second kappa shape index (κ2) is 7.96. The SMILES string of the molecule is Cn1nc(C(F)(F)F)c(-c2ccc(C3(O)CNC3)cc2)c1C#N.O=C(O)C(F)(F)F. The summed E-state index contributed by atoms with van der Waals surface area (Å²) < 4.78 is 72.1. The van der Waals surface area contributed by atoms with Crippen LogP contribution in [0.4, 0.5) is 26.3 Å². The number of carbonyl (C=O) groups is 1. The summed E-state index contributed by atoms with van der Waals surface area (Å²) in [5, 5.41) is 32.9. The summed E-state index contributed by atoms with van der Waals surface area (Å²) in [4.78, 5) is 8.90. The lowest BCUT2D eigenvalue weighted by molar-refractivity contribution is -0.192. The van der Waals surface area contributed by atoms with E-state index in [0.29, 0.717) is 18.7 Å². The molecule has 0 atom stereocenters. The lowest BCUT2D eigenvalue weighted by atomic mass is 9.87. The first-order chi connectivity index (χ1) is 13.7. The molecule has 0 spiro atoms. The molecule has 0 saturated carbocycles. The van der Waals surface area contributed by atoms with Gasteiger partial charge in [0.2, 0.25) is 0 Å². The maximum absolute atomic E-state index is 13.2. The third-order valence-electron chi connectivity index (χ3n) is 4.21. The predicted octanol–water partition coefficient (Wildman–Crippen LogP) is 2.40. The Balaban J connectivity index is 0.000000396. The van der Waals surface area contributed by atoms with Crippen molar-refractivity contribution in [3.8, 4) is 17.2 Å². The number of carboxylic acid groups (broad SMARTS) is 1. The van der Waals surface area contributed by atoms with Gasteiger partial charge in [-0.15, -0.1) is 0 Å². The van der Waals surface area contributed by atoms with Crippen LogP contribution in [0.3, 0.4) is 0 Å². The maximum atomic E-state index is 13.2. The van der Waals surface area contributed by atoms with Gasteiger partial charge in [0.25, 0.3) is 0 Å². The van der Waals surface area contributed by atoms with Gasteiger partial charge in [0.15, 0.2) is 5.69 Å². The Labute approximate surface area is 165 Å². The van der Waals surface area contributed by atoms with E-state index in [2.05, 4.69) is 10.4 Å². The van der Waals surface area contributed by atoms with Crippen LogP contribution in [0.15, 0.2) is 24.3 Å². The van der Waals surface area contributed by atoms with Gasteiger partial charge < -0.3 is 15.5 Å². The minimum Gasteiger partial charge on any atom is -0.475 e. The van der Waals surface area contributed by atoms with Crippen molar-refractivity contribution in [3.63, 3.8) is 0 Å². The number of alkyl halides is 6. The minimum atomic E-state index is -5.08. The number of benzene rings is 1. The fraction of sp³-hybridized carbons (Fsp3) is 0.353. The van der Waals surface area contributed by atoms with Crippen LogP contribution in [0.25, 0.3) is 11.1 Å². The number of carboxylic acids is 1. The molecule has 0 bridgehead atoms. The summed E-state index contributed by atoms with van der Waals surface area (Å²) in [7, 11) is 1.30. The Morgan fingerprint density at radius 2 is 1.70 bits per heavy atom. The highest BCUT2D eigenvalue weighted by Crippen LogP contribution is 2.38. The number of nitriles is 1. The van der Waals surface area contributed by atoms with Gasteiger partial charge in [0, 0.05) is 20.1 Å². The molecule has 1 fully saturated rings. The van der Waals surface area contributed by atoms with Crippen LogP contribution in [-0.2, 0) is 23.6 Å².